The number of hydrogen-bond acceptors (Lipinski definition) is 4. The van der Waals surface area contributed by atoms with E-state index in [0.29, 0.717) is 16.3 Å². The van der Waals surface area contributed by atoms with Gasteiger partial charge in [-0.15, -0.1) is 0 Å². The van der Waals surface area contributed by atoms with E-state index >= 15 is 0 Å². The molecule has 0 saturated heterocycles. The first kappa shape index (κ1) is 10.9. The monoisotopic (exact) mass is 260 g/mol. The number of hydrogen-bond donors (Lipinski definition) is 0. The molecule has 0 atom stereocenters. The zero-order chi connectivity index (χ0) is 12.9. The van der Waals surface area contributed by atoms with Crippen molar-refractivity contribution in [1.29, 1.82) is 0 Å². The van der Waals surface area contributed by atoms with Crippen molar-refractivity contribution in [1.82, 2.24) is 0 Å². The smallest absolute Gasteiger partial charge is 0.347 e. The molecule has 4 nitrogen and oxygen atoms in total. The second-order valence-corrected chi connectivity index (χ2v) is 4.22. The van der Waals surface area contributed by atoms with Gasteiger partial charge in [0.25, 0.3) is 5.24 Å². The first-order valence-electron chi connectivity index (χ1n) is 5.11. The van der Waals surface area contributed by atoms with Crippen LogP contribution < -0.4 is 0 Å². The van der Waals surface area contributed by atoms with Crippen LogP contribution >= 0.6 is 11.6 Å². The fourth-order valence-corrected chi connectivity index (χ4v) is 2.15. The van der Waals surface area contributed by atoms with Crippen molar-refractivity contribution < 1.29 is 19.1 Å². The van der Waals surface area contributed by atoms with Crippen LogP contribution in [-0.4, -0.2) is 17.2 Å². The number of benzene rings is 2. The van der Waals surface area contributed by atoms with Gasteiger partial charge < -0.3 is 4.74 Å². The Morgan fingerprint density at radius 2 is 1.83 bits per heavy atom. The van der Waals surface area contributed by atoms with Crippen molar-refractivity contribution in [2.24, 2.45) is 0 Å². The lowest BCUT2D eigenvalue weighted by Gasteiger charge is -2.02. The second kappa shape index (κ2) is 3.65. The third-order valence-electron chi connectivity index (χ3n) is 2.86. The van der Waals surface area contributed by atoms with Crippen molar-refractivity contribution in [2.75, 3.05) is 0 Å². The number of halogens is 1. The van der Waals surface area contributed by atoms with E-state index in [9.17, 15) is 14.4 Å². The summed E-state index contributed by atoms with van der Waals surface area (Å²) in [5.74, 6) is -1.31. The van der Waals surface area contributed by atoms with Gasteiger partial charge in [-0.1, -0.05) is 12.1 Å². The van der Waals surface area contributed by atoms with Gasteiger partial charge in [-0.3, -0.25) is 4.79 Å². The van der Waals surface area contributed by atoms with Gasteiger partial charge in [0, 0.05) is 5.56 Å². The maximum absolute atomic E-state index is 11.6. The lowest BCUT2D eigenvalue weighted by Crippen LogP contribution is -1.97. The molecule has 1 aliphatic rings. The maximum atomic E-state index is 11.6. The highest BCUT2D eigenvalue weighted by Gasteiger charge is 2.31. The molecule has 0 N–H and O–H groups in total. The Balaban J connectivity index is 2.35. The molecule has 0 amide bonds. The first-order valence-corrected chi connectivity index (χ1v) is 5.49. The summed E-state index contributed by atoms with van der Waals surface area (Å²) in [6, 6.07) is 7.82. The van der Waals surface area contributed by atoms with Crippen molar-refractivity contribution >= 4 is 39.6 Å². The predicted molar refractivity (Wildman–Crippen MR) is 63.9 cm³/mol. The average Bonchev–Trinajstić information content (AvgIpc) is 2.64. The summed E-state index contributed by atoms with van der Waals surface area (Å²) in [6.45, 7) is 0. The number of esters is 2. The van der Waals surface area contributed by atoms with Gasteiger partial charge in [0.05, 0.1) is 11.1 Å². The van der Waals surface area contributed by atoms with Gasteiger partial charge in [-0.05, 0) is 40.6 Å². The Bertz CT molecular complexity index is 733. The minimum absolute atomic E-state index is 0.242. The van der Waals surface area contributed by atoms with Gasteiger partial charge in [0.2, 0.25) is 0 Å². The van der Waals surface area contributed by atoms with Crippen molar-refractivity contribution in [2.45, 2.75) is 0 Å². The lowest BCUT2D eigenvalue weighted by atomic mass is 9.99. The zero-order valence-corrected chi connectivity index (χ0v) is 9.65. The molecule has 0 saturated carbocycles. The quantitative estimate of drug-likeness (QED) is 0.449. The molecule has 0 aromatic heterocycles. The second-order valence-electron chi connectivity index (χ2n) is 3.87. The molecule has 2 aromatic carbocycles. The molecule has 3 rings (SSSR count). The number of fused-ring (bicyclic) bond motifs is 3. The van der Waals surface area contributed by atoms with Crippen LogP contribution in [0.15, 0.2) is 30.3 Å². The van der Waals surface area contributed by atoms with Crippen molar-refractivity contribution in [3.8, 4) is 0 Å². The van der Waals surface area contributed by atoms with Crippen LogP contribution in [0, 0.1) is 0 Å². The summed E-state index contributed by atoms with van der Waals surface area (Å²) in [7, 11) is 0. The average molecular weight is 261 g/mol. The highest BCUT2D eigenvalue weighted by atomic mass is 35.5. The molecule has 88 valence electrons. The van der Waals surface area contributed by atoms with Crippen molar-refractivity contribution in [3.63, 3.8) is 0 Å². The summed E-state index contributed by atoms with van der Waals surface area (Å²) < 4.78 is 4.55. The van der Waals surface area contributed by atoms with E-state index in [2.05, 4.69) is 4.74 Å². The molecule has 0 unspecified atom stereocenters. The predicted octanol–water partition coefficient (Wildman–Crippen LogP) is 2.53. The molecule has 5 heteroatoms. The third kappa shape index (κ3) is 1.43. The SMILES string of the molecule is O=C(Cl)c1ccc2c3c(ccc2c1)C(=O)OC3=O. The maximum Gasteiger partial charge on any atom is 0.347 e. The van der Waals surface area contributed by atoms with Crippen LogP contribution in [0.4, 0.5) is 0 Å². The molecule has 18 heavy (non-hydrogen) atoms. The van der Waals surface area contributed by atoms with E-state index in [1.165, 1.54) is 12.1 Å². The number of rotatable bonds is 1. The van der Waals surface area contributed by atoms with E-state index in [1.807, 2.05) is 0 Å². The number of cyclic esters (lactones) is 2. The lowest BCUT2D eigenvalue weighted by molar-refractivity contribution is 0.0444. The normalized spacial score (nSPS) is 13.6. The fraction of sp³-hybridized carbons (Fsp3) is 0. The van der Waals surface area contributed by atoms with Crippen LogP contribution in [-0.2, 0) is 4.74 Å². The van der Waals surface area contributed by atoms with E-state index in [-0.39, 0.29) is 11.1 Å². The van der Waals surface area contributed by atoms with Gasteiger partial charge in [0.1, 0.15) is 0 Å². The highest BCUT2D eigenvalue weighted by Crippen LogP contribution is 2.29. The van der Waals surface area contributed by atoms with Crippen LogP contribution in [0.25, 0.3) is 10.8 Å². The molecule has 1 heterocycles. The molecule has 1 aliphatic heterocycles. The zero-order valence-electron chi connectivity index (χ0n) is 8.90. The number of ether oxygens (including phenoxy) is 1. The Labute approximate surface area is 106 Å². The molecule has 0 radical (unpaired) electrons. The van der Waals surface area contributed by atoms with E-state index in [0.717, 1.165) is 0 Å². The Morgan fingerprint density at radius 1 is 1.06 bits per heavy atom. The Kier molecular flexibility index (Phi) is 2.21. The first-order chi connectivity index (χ1) is 8.58. The van der Waals surface area contributed by atoms with Crippen LogP contribution in [0.1, 0.15) is 31.1 Å². The summed E-state index contributed by atoms with van der Waals surface area (Å²) in [5, 5.41) is 0.660. The standard InChI is InChI=1S/C13H5ClO4/c14-11(15)7-2-3-8-6(5-7)1-4-9-10(8)13(17)18-12(9)16/h1-5H. The summed E-state index contributed by atoms with van der Waals surface area (Å²) in [4.78, 5) is 34.0. The fourth-order valence-electron chi connectivity index (χ4n) is 2.03. The van der Waals surface area contributed by atoms with Gasteiger partial charge in [-0.25, -0.2) is 9.59 Å². The molecular weight excluding hydrogens is 256 g/mol. The van der Waals surface area contributed by atoms with E-state index < -0.39 is 17.2 Å². The number of carbonyl (C=O) groups excluding carboxylic acids is 3. The van der Waals surface area contributed by atoms with Crippen LogP contribution in [0.5, 0.6) is 0 Å². The molecule has 0 aliphatic carbocycles. The minimum atomic E-state index is -0.662. The van der Waals surface area contributed by atoms with Crippen LogP contribution in [0.2, 0.25) is 0 Å². The molecule has 2 aromatic rings. The van der Waals surface area contributed by atoms with Gasteiger partial charge in [-0.2, -0.15) is 0 Å². The van der Waals surface area contributed by atoms with E-state index in [4.69, 9.17) is 11.6 Å². The molecule has 0 spiro atoms. The van der Waals surface area contributed by atoms with Crippen molar-refractivity contribution in [3.05, 3.63) is 47.0 Å². The third-order valence-corrected chi connectivity index (χ3v) is 3.07. The summed E-state index contributed by atoms with van der Waals surface area (Å²) in [6.07, 6.45) is 0. The topological polar surface area (TPSA) is 60.4 Å². The largest absolute Gasteiger partial charge is 0.386 e. The molecular formula is C13H5ClO4. The van der Waals surface area contributed by atoms with E-state index in [1.54, 1.807) is 18.2 Å². The van der Waals surface area contributed by atoms with Crippen LogP contribution in [0.3, 0.4) is 0 Å². The molecule has 0 bridgehead atoms. The Hall–Kier alpha value is -2.20. The Morgan fingerprint density at radius 3 is 2.56 bits per heavy atom. The van der Waals surface area contributed by atoms with Gasteiger partial charge >= 0.3 is 11.9 Å². The summed E-state index contributed by atoms with van der Waals surface area (Å²) in [5.41, 5.74) is 0.824. The highest BCUT2D eigenvalue weighted by molar-refractivity contribution is 6.67. The summed E-state index contributed by atoms with van der Waals surface area (Å²) >= 11 is 5.39. The van der Waals surface area contributed by atoms with Gasteiger partial charge in [0.15, 0.2) is 0 Å². The number of carbonyl (C=O) groups is 3. The minimum Gasteiger partial charge on any atom is -0.386 e. The molecule has 0 fully saturated rings.